The fourth-order valence-electron chi connectivity index (χ4n) is 2.92. The van der Waals surface area contributed by atoms with Crippen LogP contribution in [0, 0.1) is 5.82 Å². The van der Waals surface area contributed by atoms with E-state index in [9.17, 15) is 27.6 Å². The van der Waals surface area contributed by atoms with Crippen molar-refractivity contribution in [2.45, 2.75) is 26.4 Å². The Hall–Kier alpha value is -3.95. The number of nitrogens with zero attached hydrogens (tertiary/aromatic N) is 1. The third-order valence-corrected chi connectivity index (χ3v) is 4.49. The number of ether oxygens (including phenoxy) is 1. The summed E-state index contributed by atoms with van der Waals surface area (Å²) in [6.45, 7) is -1.43. The van der Waals surface area contributed by atoms with Crippen LogP contribution in [0.15, 0.2) is 48.8 Å². The number of rotatable bonds is 9. The Morgan fingerprint density at radius 3 is 2.44 bits per heavy atom. The lowest BCUT2D eigenvalue weighted by molar-refractivity contribution is -0.0500. The van der Waals surface area contributed by atoms with Gasteiger partial charge in [0.15, 0.2) is 11.6 Å². The highest BCUT2D eigenvalue weighted by molar-refractivity contribution is 6.10. The van der Waals surface area contributed by atoms with E-state index in [1.54, 1.807) is 31.2 Å². The van der Waals surface area contributed by atoms with Gasteiger partial charge in [-0.1, -0.05) is 19.1 Å². The first kappa shape index (κ1) is 22.7. The van der Waals surface area contributed by atoms with Crippen LogP contribution >= 0.6 is 0 Å². The largest absolute Gasteiger partial charge is 0.435 e. The van der Waals surface area contributed by atoms with Crippen molar-refractivity contribution in [3.05, 3.63) is 77.1 Å². The van der Waals surface area contributed by atoms with E-state index in [-0.39, 0.29) is 41.3 Å². The smallest absolute Gasteiger partial charge is 0.387 e. The fraction of sp³-hybridized carbons (Fsp3) is 0.182. The molecule has 166 valence electrons. The molecule has 0 spiro atoms. The predicted octanol–water partition coefficient (Wildman–Crippen LogP) is 4.42. The average Bonchev–Trinajstić information content (AvgIpc) is 3.24. The number of hydrogen-bond acceptors (Lipinski definition) is 5. The molecule has 32 heavy (non-hydrogen) atoms. The lowest BCUT2D eigenvalue weighted by Gasteiger charge is -2.08. The van der Waals surface area contributed by atoms with Crippen molar-refractivity contribution in [1.82, 2.24) is 9.97 Å². The van der Waals surface area contributed by atoms with Crippen LogP contribution in [0.4, 0.5) is 18.9 Å². The minimum Gasteiger partial charge on any atom is -0.435 e. The molecule has 3 aromatic rings. The van der Waals surface area contributed by atoms with Gasteiger partial charge in [-0.3, -0.25) is 14.4 Å². The first-order chi connectivity index (χ1) is 15.3. The summed E-state index contributed by atoms with van der Waals surface area (Å²) in [7, 11) is 0. The number of H-pyrrole nitrogens is 1. The normalized spacial score (nSPS) is 10.8. The van der Waals surface area contributed by atoms with Gasteiger partial charge in [0, 0.05) is 24.6 Å². The molecule has 7 nitrogen and oxygen atoms in total. The first-order valence-corrected chi connectivity index (χ1v) is 9.53. The van der Waals surface area contributed by atoms with E-state index in [2.05, 4.69) is 20.0 Å². The molecule has 0 aliphatic carbocycles. The molecule has 0 bridgehead atoms. The predicted molar refractivity (Wildman–Crippen MR) is 109 cm³/mol. The second kappa shape index (κ2) is 9.90. The van der Waals surface area contributed by atoms with Crippen LogP contribution in [-0.2, 0) is 6.42 Å². The lowest BCUT2D eigenvalue weighted by Crippen LogP contribution is -2.16. The van der Waals surface area contributed by atoms with Gasteiger partial charge in [0.1, 0.15) is 23.0 Å². The molecule has 0 saturated heterocycles. The van der Waals surface area contributed by atoms with Crippen LogP contribution in [0.3, 0.4) is 0 Å². The summed E-state index contributed by atoms with van der Waals surface area (Å²) >= 11 is 0. The summed E-state index contributed by atoms with van der Waals surface area (Å²) in [4.78, 5) is 43.1. The third kappa shape index (κ3) is 5.39. The number of anilines is 1. The van der Waals surface area contributed by atoms with Gasteiger partial charge in [-0.05, 0) is 29.8 Å². The van der Waals surface area contributed by atoms with Crippen molar-refractivity contribution < 1.29 is 32.3 Å². The van der Waals surface area contributed by atoms with E-state index in [4.69, 9.17) is 0 Å². The summed E-state index contributed by atoms with van der Waals surface area (Å²) in [6.07, 6.45) is 1.32. The fourth-order valence-corrected chi connectivity index (χ4v) is 2.92. The third-order valence-electron chi connectivity index (χ3n) is 4.49. The molecule has 0 radical (unpaired) electrons. The maximum absolute atomic E-state index is 14.1. The summed E-state index contributed by atoms with van der Waals surface area (Å²) in [6, 6.07) is 9.15. The molecule has 3 rings (SSSR count). The molecule has 0 aliphatic rings. The Bertz CT molecular complexity index is 1140. The topological polar surface area (TPSA) is 101 Å². The maximum Gasteiger partial charge on any atom is 0.387 e. The number of hydrogen-bond donors (Lipinski definition) is 2. The minimum absolute atomic E-state index is 0.0471. The van der Waals surface area contributed by atoms with Gasteiger partial charge in [-0.15, -0.1) is 0 Å². The number of imidazole rings is 1. The zero-order valence-corrected chi connectivity index (χ0v) is 16.8. The number of alkyl halides is 2. The van der Waals surface area contributed by atoms with Crippen LogP contribution in [-0.4, -0.2) is 34.1 Å². The Kier molecular flexibility index (Phi) is 7.04. The van der Waals surface area contributed by atoms with E-state index in [0.717, 1.165) is 18.2 Å². The molecule has 2 aromatic carbocycles. The number of aromatic nitrogens is 2. The van der Waals surface area contributed by atoms with Gasteiger partial charge in [-0.25, -0.2) is 9.37 Å². The molecule has 0 saturated carbocycles. The Labute approximate surface area is 180 Å². The number of amides is 1. The molecule has 0 unspecified atom stereocenters. The number of ketones is 2. The van der Waals surface area contributed by atoms with E-state index < -0.39 is 24.1 Å². The summed E-state index contributed by atoms with van der Waals surface area (Å²) in [5, 5.41) is 2.62. The molecule has 0 aliphatic heterocycles. The van der Waals surface area contributed by atoms with Gasteiger partial charge < -0.3 is 15.0 Å². The summed E-state index contributed by atoms with van der Waals surface area (Å²) in [5.74, 6) is -2.71. The SMILES string of the molecule is CCC(=O)c1nc[nH]c1C(=O)Nc1ccc(CC(=O)c2ccc(OC(F)F)cc2F)cc1. The maximum atomic E-state index is 14.1. The molecular formula is C22H18F3N3O4. The summed E-state index contributed by atoms with van der Waals surface area (Å²) in [5.41, 5.74) is 0.806. The Morgan fingerprint density at radius 1 is 1.09 bits per heavy atom. The Morgan fingerprint density at radius 2 is 1.81 bits per heavy atom. The molecular weight excluding hydrogens is 427 g/mol. The van der Waals surface area contributed by atoms with Gasteiger partial charge in [0.05, 0.1) is 11.9 Å². The molecule has 0 fully saturated rings. The zero-order valence-electron chi connectivity index (χ0n) is 16.8. The van der Waals surface area contributed by atoms with Crippen molar-refractivity contribution in [1.29, 1.82) is 0 Å². The number of nitrogens with one attached hydrogen (secondary N) is 2. The van der Waals surface area contributed by atoms with Crippen LogP contribution < -0.4 is 10.1 Å². The highest BCUT2D eigenvalue weighted by Crippen LogP contribution is 2.21. The van der Waals surface area contributed by atoms with Crippen molar-refractivity contribution in [3.63, 3.8) is 0 Å². The number of aromatic amines is 1. The first-order valence-electron chi connectivity index (χ1n) is 9.53. The van der Waals surface area contributed by atoms with Crippen molar-refractivity contribution in [3.8, 4) is 5.75 Å². The van der Waals surface area contributed by atoms with Crippen molar-refractivity contribution in [2.24, 2.45) is 0 Å². The molecule has 0 atom stereocenters. The van der Waals surface area contributed by atoms with Crippen LogP contribution in [0.1, 0.15) is 50.2 Å². The second-order valence-electron chi connectivity index (χ2n) is 6.67. The lowest BCUT2D eigenvalue weighted by atomic mass is 10.0. The van der Waals surface area contributed by atoms with Gasteiger partial charge in [0.2, 0.25) is 0 Å². The number of Topliss-reactive ketones (excluding diaryl/α,β-unsaturated/α-hetero) is 2. The molecule has 2 N–H and O–H groups in total. The van der Waals surface area contributed by atoms with Gasteiger partial charge in [-0.2, -0.15) is 8.78 Å². The van der Waals surface area contributed by atoms with E-state index in [1.807, 2.05) is 0 Å². The highest BCUT2D eigenvalue weighted by atomic mass is 19.3. The van der Waals surface area contributed by atoms with Gasteiger partial charge in [0.25, 0.3) is 5.91 Å². The average molecular weight is 445 g/mol. The number of benzene rings is 2. The number of carbonyl (C=O) groups is 3. The monoisotopic (exact) mass is 445 g/mol. The second-order valence-corrected chi connectivity index (χ2v) is 6.67. The standard InChI is InChI=1S/C22H18F3N3O4/c1-2-17(29)19-20(27-11-26-19)21(31)28-13-5-3-12(4-6-13)9-18(30)15-8-7-14(10-16(15)23)32-22(24)25/h3-8,10-11,22H,2,9H2,1H3,(H,26,27)(H,28,31). The van der Waals surface area contributed by atoms with E-state index in [0.29, 0.717) is 11.3 Å². The Balaban J connectivity index is 1.65. The van der Waals surface area contributed by atoms with Crippen LogP contribution in [0.5, 0.6) is 5.75 Å². The summed E-state index contributed by atoms with van der Waals surface area (Å²) < 4.78 is 42.6. The number of halogens is 3. The molecule has 1 aromatic heterocycles. The van der Waals surface area contributed by atoms with Gasteiger partial charge >= 0.3 is 6.61 Å². The van der Waals surface area contributed by atoms with E-state index >= 15 is 0 Å². The van der Waals surface area contributed by atoms with Crippen LogP contribution in [0.2, 0.25) is 0 Å². The molecule has 1 heterocycles. The highest BCUT2D eigenvalue weighted by Gasteiger charge is 2.19. The van der Waals surface area contributed by atoms with E-state index in [1.165, 1.54) is 6.33 Å². The molecule has 10 heteroatoms. The van der Waals surface area contributed by atoms with Crippen LogP contribution in [0.25, 0.3) is 0 Å². The zero-order chi connectivity index (χ0) is 23.3. The minimum atomic E-state index is -3.10. The van der Waals surface area contributed by atoms with Crippen molar-refractivity contribution >= 4 is 23.2 Å². The number of carbonyl (C=O) groups excluding carboxylic acids is 3. The quantitative estimate of drug-likeness (QED) is 0.475. The van der Waals surface area contributed by atoms with Crippen molar-refractivity contribution in [2.75, 3.05) is 5.32 Å². The molecule has 1 amide bonds.